The third kappa shape index (κ3) is 3.28. The lowest BCUT2D eigenvalue weighted by Crippen LogP contribution is -2.42. The quantitative estimate of drug-likeness (QED) is 0.872. The summed E-state index contributed by atoms with van der Waals surface area (Å²) in [5.41, 5.74) is 1.95. The largest absolute Gasteiger partial charge is 0.341 e. The number of nitrogens with zero attached hydrogens (tertiary/aromatic N) is 2. The van der Waals surface area contributed by atoms with Crippen LogP contribution in [0.4, 0.5) is 5.69 Å². The zero-order valence-electron chi connectivity index (χ0n) is 13.5. The Morgan fingerprint density at radius 1 is 1.43 bits per heavy atom. The summed E-state index contributed by atoms with van der Waals surface area (Å²) in [6.45, 7) is 4.27. The molecule has 5 nitrogen and oxygen atoms in total. The van der Waals surface area contributed by atoms with E-state index in [1.807, 2.05) is 37.1 Å². The first-order chi connectivity index (χ1) is 11.0. The van der Waals surface area contributed by atoms with Crippen LogP contribution in [0.1, 0.15) is 18.4 Å². The van der Waals surface area contributed by atoms with Gasteiger partial charge in [0.25, 0.3) is 0 Å². The third-order valence-electron chi connectivity index (χ3n) is 4.86. The molecule has 0 saturated carbocycles. The molecule has 2 amide bonds. The summed E-state index contributed by atoms with van der Waals surface area (Å²) in [5, 5.41) is 3.28. The average molecular weight is 380 g/mol. The van der Waals surface area contributed by atoms with E-state index in [4.69, 9.17) is 0 Å². The molecule has 0 spiro atoms. The van der Waals surface area contributed by atoms with E-state index in [0.29, 0.717) is 13.0 Å². The fourth-order valence-electron chi connectivity index (χ4n) is 3.36. The van der Waals surface area contributed by atoms with E-state index in [-0.39, 0.29) is 23.8 Å². The summed E-state index contributed by atoms with van der Waals surface area (Å²) in [6.07, 6.45) is 1.29. The number of amides is 2. The van der Waals surface area contributed by atoms with Crippen molar-refractivity contribution < 1.29 is 9.59 Å². The van der Waals surface area contributed by atoms with Crippen LogP contribution in [0.2, 0.25) is 0 Å². The van der Waals surface area contributed by atoms with Crippen LogP contribution in [0.5, 0.6) is 0 Å². The first kappa shape index (κ1) is 16.5. The first-order valence-corrected chi connectivity index (χ1v) is 8.80. The van der Waals surface area contributed by atoms with E-state index in [0.717, 1.165) is 35.2 Å². The summed E-state index contributed by atoms with van der Waals surface area (Å²) >= 11 is 3.47. The lowest BCUT2D eigenvalue weighted by atomic mass is 10.1. The Morgan fingerprint density at radius 3 is 2.87 bits per heavy atom. The minimum absolute atomic E-state index is 0.0306. The standard InChI is InChI=1S/C17H22BrN3O2/c1-11-7-13(3-4-15(11)18)21-10-12(8-16(21)22)17(23)20(2)14-5-6-19-9-14/h3-4,7,12,14,19H,5-6,8-10H2,1-2H3. The highest BCUT2D eigenvalue weighted by atomic mass is 79.9. The van der Waals surface area contributed by atoms with Gasteiger partial charge < -0.3 is 15.1 Å². The molecule has 1 N–H and O–H groups in total. The van der Waals surface area contributed by atoms with Gasteiger partial charge in [0, 0.05) is 42.8 Å². The maximum atomic E-state index is 12.7. The summed E-state index contributed by atoms with van der Waals surface area (Å²) in [5.74, 6) is -0.122. The van der Waals surface area contributed by atoms with Crippen LogP contribution in [0.15, 0.2) is 22.7 Å². The van der Waals surface area contributed by atoms with Crippen molar-refractivity contribution in [2.75, 3.05) is 31.6 Å². The van der Waals surface area contributed by atoms with Crippen LogP contribution >= 0.6 is 15.9 Å². The molecule has 0 aliphatic carbocycles. The lowest BCUT2D eigenvalue weighted by Gasteiger charge is -2.26. The molecule has 2 atom stereocenters. The van der Waals surface area contributed by atoms with Gasteiger partial charge in [-0.2, -0.15) is 0 Å². The summed E-state index contributed by atoms with van der Waals surface area (Å²) in [7, 11) is 1.86. The van der Waals surface area contributed by atoms with Gasteiger partial charge in [0.15, 0.2) is 0 Å². The predicted octanol–water partition coefficient (Wildman–Crippen LogP) is 1.93. The zero-order chi connectivity index (χ0) is 16.6. The number of carbonyl (C=O) groups excluding carboxylic acids is 2. The summed E-state index contributed by atoms with van der Waals surface area (Å²) in [6, 6.07) is 6.11. The molecule has 0 bridgehead atoms. The maximum Gasteiger partial charge on any atom is 0.228 e. The molecule has 2 aliphatic heterocycles. The number of hydrogen-bond acceptors (Lipinski definition) is 3. The van der Waals surface area contributed by atoms with Crippen LogP contribution in [-0.2, 0) is 9.59 Å². The second-order valence-corrected chi connectivity index (χ2v) is 7.29. The van der Waals surface area contributed by atoms with Crippen molar-refractivity contribution in [3.8, 4) is 0 Å². The van der Waals surface area contributed by atoms with Gasteiger partial charge in [-0.05, 0) is 43.7 Å². The Labute approximate surface area is 145 Å². The van der Waals surface area contributed by atoms with Crippen molar-refractivity contribution in [1.29, 1.82) is 0 Å². The topological polar surface area (TPSA) is 52.7 Å². The molecule has 3 rings (SSSR count). The van der Waals surface area contributed by atoms with Gasteiger partial charge in [-0.15, -0.1) is 0 Å². The molecule has 0 aromatic heterocycles. The van der Waals surface area contributed by atoms with E-state index >= 15 is 0 Å². The van der Waals surface area contributed by atoms with E-state index < -0.39 is 0 Å². The smallest absolute Gasteiger partial charge is 0.228 e. The van der Waals surface area contributed by atoms with Crippen molar-refractivity contribution in [1.82, 2.24) is 10.2 Å². The van der Waals surface area contributed by atoms with Gasteiger partial charge in [-0.3, -0.25) is 9.59 Å². The number of aryl methyl sites for hydroxylation is 1. The minimum atomic E-state index is -0.239. The fourth-order valence-corrected chi connectivity index (χ4v) is 3.60. The normalized spacial score (nSPS) is 24.3. The lowest BCUT2D eigenvalue weighted by molar-refractivity contribution is -0.136. The molecule has 0 radical (unpaired) electrons. The number of anilines is 1. The number of hydrogen-bond donors (Lipinski definition) is 1. The summed E-state index contributed by atoms with van der Waals surface area (Å²) < 4.78 is 1.02. The van der Waals surface area contributed by atoms with Crippen molar-refractivity contribution in [2.45, 2.75) is 25.8 Å². The maximum absolute atomic E-state index is 12.7. The molecule has 1 aromatic carbocycles. The molecule has 124 valence electrons. The number of benzene rings is 1. The van der Waals surface area contributed by atoms with Crippen molar-refractivity contribution >= 4 is 33.4 Å². The van der Waals surface area contributed by atoms with Crippen LogP contribution in [-0.4, -0.2) is 49.4 Å². The molecular weight excluding hydrogens is 358 g/mol. The third-order valence-corrected chi connectivity index (χ3v) is 5.75. The number of nitrogens with one attached hydrogen (secondary N) is 1. The van der Waals surface area contributed by atoms with E-state index in [2.05, 4.69) is 21.2 Å². The Bertz CT molecular complexity index is 628. The van der Waals surface area contributed by atoms with Gasteiger partial charge in [-0.25, -0.2) is 0 Å². The Balaban J connectivity index is 1.71. The van der Waals surface area contributed by atoms with Crippen molar-refractivity contribution in [3.63, 3.8) is 0 Å². The highest BCUT2D eigenvalue weighted by Gasteiger charge is 2.38. The predicted molar refractivity (Wildman–Crippen MR) is 93.4 cm³/mol. The second-order valence-electron chi connectivity index (χ2n) is 6.43. The molecule has 2 fully saturated rings. The van der Waals surface area contributed by atoms with Gasteiger partial charge in [0.2, 0.25) is 11.8 Å². The molecular formula is C17H22BrN3O2. The van der Waals surface area contributed by atoms with E-state index in [1.165, 1.54) is 0 Å². The monoisotopic (exact) mass is 379 g/mol. The molecule has 2 aliphatic rings. The molecule has 1 aromatic rings. The van der Waals surface area contributed by atoms with Crippen LogP contribution in [0, 0.1) is 12.8 Å². The van der Waals surface area contributed by atoms with Crippen LogP contribution < -0.4 is 10.2 Å². The Kier molecular flexibility index (Phi) is 4.73. The molecule has 2 saturated heterocycles. The molecule has 2 heterocycles. The molecule has 6 heteroatoms. The van der Waals surface area contributed by atoms with Crippen LogP contribution in [0.3, 0.4) is 0 Å². The highest BCUT2D eigenvalue weighted by molar-refractivity contribution is 9.10. The average Bonchev–Trinajstić information content (AvgIpc) is 3.18. The molecule has 2 unspecified atom stereocenters. The second kappa shape index (κ2) is 6.61. The number of likely N-dealkylation sites (N-methyl/N-ethyl adjacent to an activating group) is 1. The number of carbonyl (C=O) groups is 2. The van der Waals surface area contributed by atoms with Gasteiger partial charge in [0.1, 0.15) is 0 Å². The Hall–Kier alpha value is -1.40. The number of halogens is 1. The minimum Gasteiger partial charge on any atom is -0.341 e. The zero-order valence-corrected chi connectivity index (χ0v) is 15.1. The van der Waals surface area contributed by atoms with Gasteiger partial charge in [-0.1, -0.05) is 15.9 Å². The Morgan fingerprint density at radius 2 is 2.22 bits per heavy atom. The van der Waals surface area contributed by atoms with E-state index in [9.17, 15) is 9.59 Å². The van der Waals surface area contributed by atoms with Crippen molar-refractivity contribution in [3.05, 3.63) is 28.2 Å². The van der Waals surface area contributed by atoms with Gasteiger partial charge >= 0.3 is 0 Å². The van der Waals surface area contributed by atoms with E-state index in [1.54, 1.807) is 4.90 Å². The fraction of sp³-hybridized carbons (Fsp3) is 0.529. The van der Waals surface area contributed by atoms with Gasteiger partial charge in [0.05, 0.1) is 5.92 Å². The summed E-state index contributed by atoms with van der Waals surface area (Å²) in [4.78, 5) is 28.6. The first-order valence-electron chi connectivity index (χ1n) is 8.01. The van der Waals surface area contributed by atoms with Crippen LogP contribution in [0.25, 0.3) is 0 Å². The van der Waals surface area contributed by atoms with Crippen molar-refractivity contribution in [2.24, 2.45) is 5.92 Å². The number of rotatable bonds is 3. The highest BCUT2D eigenvalue weighted by Crippen LogP contribution is 2.29. The SMILES string of the molecule is Cc1cc(N2CC(C(=O)N(C)C3CCNC3)CC2=O)ccc1Br. The molecule has 23 heavy (non-hydrogen) atoms.